The van der Waals surface area contributed by atoms with E-state index >= 15 is 0 Å². The van der Waals surface area contributed by atoms with E-state index in [4.69, 9.17) is 5.73 Å². The first-order valence-corrected chi connectivity index (χ1v) is 7.52. The highest BCUT2D eigenvalue weighted by molar-refractivity contribution is 5.82. The summed E-state index contributed by atoms with van der Waals surface area (Å²) in [6.45, 7) is 7.67. The first-order chi connectivity index (χ1) is 9.71. The second-order valence-electron chi connectivity index (χ2n) is 5.28. The second-order valence-corrected chi connectivity index (χ2v) is 5.28. The van der Waals surface area contributed by atoms with Crippen LogP contribution in [0.4, 0.5) is 5.69 Å². The number of rotatable bonds is 6. The first kappa shape index (κ1) is 14.9. The van der Waals surface area contributed by atoms with Crippen molar-refractivity contribution in [2.75, 3.05) is 37.6 Å². The van der Waals surface area contributed by atoms with E-state index in [1.807, 2.05) is 24.8 Å². The highest BCUT2D eigenvalue weighted by atomic mass is 16.2. The molecule has 0 saturated heterocycles. The smallest absolute Gasteiger partial charge is 0.242 e. The number of benzene rings is 1. The second kappa shape index (κ2) is 6.75. The van der Waals surface area contributed by atoms with Gasteiger partial charge in [0, 0.05) is 31.2 Å². The van der Waals surface area contributed by atoms with Crippen molar-refractivity contribution in [3.63, 3.8) is 0 Å². The molecule has 1 aromatic carbocycles. The molecule has 0 saturated carbocycles. The molecule has 20 heavy (non-hydrogen) atoms. The lowest BCUT2D eigenvalue weighted by molar-refractivity contribution is -0.129. The average Bonchev–Trinajstić information content (AvgIpc) is 2.79. The van der Waals surface area contributed by atoms with Crippen LogP contribution in [0.1, 0.15) is 31.7 Å². The monoisotopic (exact) mass is 275 g/mol. The van der Waals surface area contributed by atoms with Crippen LogP contribution in [0.25, 0.3) is 0 Å². The average molecular weight is 275 g/mol. The quantitative estimate of drug-likeness (QED) is 0.861. The van der Waals surface area contributed by atoms with Gasteiger partial charge in [0.15, 0.2) is 0 Å². The van der Waals surface area contributed by atoms with E-state index in [-0.39, 0.29) is 5.91 Å². The molecule has 1 aliphatic heterocycles. The van der Waals surface area contributed by atoms with Gasteiger partial charge >= 0.3 is 0 Å². The maximum atomic E-state index is 12.3. The normalized spacial score (nSPS) is 17.1. The van der Waals surface area contributed by atoms with Gasteiger partial charge in [0.1, 0.15) is 0 Å². The van der Waals surface area contributed by atoms with Gasteiger partial charge in [-0.1, -0.05) is 18.2 Å². The van der Waals surface area contributed by atoms with Crippen LogP contribution in [0.5, 0.6) is 0 Å². The summed E-state index contributed by atoms with van der Waals surface area (Å²) in [5.41, 5.74) is 8.25. The highest BCUT2D eigenvalue weighted by Crippen LogP contribution is 2.37. The maximum Gasteiger partial charge on any atom is 0.242 e. The number of para-hydroxylation sites is 1. The molecule has 0 aliphatic carbocycles. The Bertz CT molecular complexity index is 457. The number of amides is 1. The number of nitrogens with zero attached hydrogens (tertiary/aromatic N) is 2. The third-order valence-corrected chi connectivity index (χ3v) is 4.12. The van der Waals surface area contributed by atoms with Crippen molar-refractivity contribution in [3.8, 4) is 0 Å². The molecule has 1 amide bonds. The van der Waals surface area contributed by atoms with Crippen molar-refractivity contribution in [3.05, 3.63) is 29.8 Å². The van der Waals surface area contributed by atoms with Crippen molar-refractivity contribution in [2.24, 2.45) is 5.73 Å². The van der Waals surface area contributed by atoms with Crippen molar-refractivity contribution in [1.82, 2.24) is 4.90 Å². The Labute approximate surface area is 121 Å². The summed E-state index contributed by atoms with van der Waals surface area (Å²) in [6.07, 6.45) is 0.979. The van der Waals surface area contributed by atoms with Gasteiger partial charge in [0.2, 0.25) is 5.91 Å². The Morgan fingerprint density at radius 1 is 1.35 bits per heavy atom. The van der Waals surface area contributed by atoms with E-state index in [9.17, 15) is 4.79 Å². The number of fused-ring (bicyclic) bond motifs is 1. The predicted molar refractivity (Wildman–Crippen MR) is 83.0 cm³/mol. The fourth-order valence-electron chi connectivity index (χ4n) is 3.02. The van der Waals surface area contributed by atoms with Crippen molar-refractivity contribution in [2.45, 2.75) is 26.2 Å². The standard InChI is InChI=1S/C16H25N3O/c1-3-18(4-2)16(20)12-19-11-13(9-10-17)14-7-5-6-8-15(14)19/h5-8,13H,3-4,9-12,17H2,1-2H3. The van der Waals surface area contributed by atoms with E-state index in [2.05, 4.69) is 23.1 Å². The molecular formula is C16H25N3O. The van der Waals surface area contributed by atoms with E-state index in [1.54, 1.807) is 0 Å². The Balaban J connectivity index is 2.12. The number of hydrogen-bond donors (Lipinski definition) is 1. The summed E-state index contributed by atoms with van der Waals surface area (Å²) in [6, 6.07) is 8.38. The molecule has 0 bridgehead atoms. The Morgan fingerprint density at radius 2 is 2.05 bits per heavy atom. The van der Waals surface area contributed by atoms with E-state index in [1.165, 1.54) is 11.3 Å². The molecule has 2 N–H and O–H groups in total. The molecule has 0 fully saturated rings. The predicted octanol–water partition coefficient (Wildman–Crippen LogP) is 1.81. The summed E-state index contributed by atoms with van der Waals surface area (Å²) in [5, 5.41) is 0. The van der Waals surface area contributed by atoms with E-state index in [0.29, 0.717) is 19.0 Å². The van der Waals surface area contributed by atoms with Crippen LogP contribution in [-0.4, -0.2) is 43.5 Å². The van der Waals surface area contributed by atoms with Gasteiger partial charge in [-0.05, 0) is 38.4 Å². The summed E-state index contributed by atoms with van der Waals surface area (Å²) >= 11 is 0. The van der Waals surface area contributed by atoms with Crippen molar-refractivity contribution >= 4 is 11.6 Å². The zero-order valence-corrected chi connectivity index (χ0v) is 12.5. The van der Waals surface area contributed by atoms with Gasteiger partial charge < -0.3 is 15.5 Å². The van der Waals surface area contributed by atoms with Crippen LogP contribution >= 0.6 is 0 Å². The zero-order chi connectivity index (χ0) is 14.5. The third kappa shape index (κ3) is 2.96. The number of anilines is 1. The van der Waals surface area contributed by atoms with Gasteiger partial charge in [-0.25, -0.2) is 0 Å². The van der Waals surface area contributed by atoms with E-state index < -0.39 is 0 Å². The van der Waals surface area contributed by atoms with Gasteiger partial charge in [-0.2, -0.15) is 0 Å². The summed E-state index contributed by atoms with van der Waals surface area (Å²) in [7, 11) is 0. The molecule has 1 aromatic rings. The van der Waals surface area contributed by atoms with Gasteiger partial charge in [-0.3, -0.25) is 4.79 Å². The number of carbonyl (C=O) groups excluding carboxylic acids is 1. The molecular weight excluding hydrogens is 250 g/mol. The molecule has 4 heteroatoms. The lowest BCUT2D eigenvalue weighted by Gasteiger charge is -2.24. The zero-order valence-electron chi connectivity index (χ0n) is 12.5. The van der Waals surface area contributed by atoms with Crippen LogP contribution in [0.15, 0.2) is 24.3 Å². The fraction of sp³-hybridized carbons (Fsp3) is 0.562. The molecule has 1 aliphatic rings. The molecule has 0 spiro atoms. The molecule has 1 unspecified atom stereocenters. The lowest BCUT2D eigenvalue weighted by Crippen LogP contribution is -2.40. The molecule has 4 nitrogen and oxygen atoms in total. The van der Waals surface area contributed by atoms with Crippen LogP contribution < -0.4 is 10.6 Å². The first-order valence-electron chi connectivity index (χ1n) is 7.52. The van der Waals surface area contributed by atoms with E-state index in [0.717, 1.165) is 26.1 Å². The minimum absolute atomic E-state index is 0.207. The van der Waals surface area contributed by atoms with Crippen LogP contribution in [0, 0.1) is 0 Å². The summed E-state index contributed by atoms with van der Waals surface area (Å²) in [4.78, 5) is 16.4. The molecule has 1 atom stereocenters. The van der Waals surface area contributed by atoms with Gasteiger partial charge in [0.25, 0.3) is 0 Å². The lowest BCUT2D eigenvalue weighted by atomic mass is 9.98. The molecule has 2 rings (SSSR count). The SMILES string of the molecule is CCN(CC)C(=O)CN1CC(CCN)c2ccccc21. The topological polar surface area (TPSA) is 49.6 Å². The molecule has 110 valence electrons. The minimum Gasteiger partial charge on any atom is -0.361 e. The van der Waals surface area contributed by atoms with Gasteiger partial charge in [-0.15, -0.1) is 0 Å². The third-order valence-electron chi connectivity index (χ3n) is 4.12. The number of hydrogen-bond acceptors (Lipinski definition) is 3. The Hall–Kier alpha value is -1.55. The Morgan fingerprint density at radius 3 is 2.70 bits per heavy atom. The van der Waals surface area contributed by atoms with Crippen LogP contribution in [0.3, 0.4) is 0 Å². The van der Waals surface area contributed by atoms with Crippen molar-refractivity contribution in [1.29, 1.82) is 0 Å². The van der Waals surface area contributed by atoms with Crippen molar-refractivity contribution < 1.29 is 4.79 Å². The summed E-state index contributed by atoms with van der Waals surface area (Å²) in [5.74, 6) is 0.666. The molecule has 0 radical (unpaired) electrons. The largest absolute Gasteiger partial charge is 0.361 e. The molecule has 1 heterocycles. The highest BCUT2D eigenvalue weighted by Gasteiger charge is 2.29. The number of likely N-dealkylation sites (N-methyl/N-ethyl adjacent to an activating group) is 1. The number of nitrogens with two attached hydrogens (primary N) is 1. The number of carbonyl (C=O) groups is 1. The molecule has 0 aromatic heterocycles. The van der Waals surface area contributed by atoms with Gasteiger partial charge in [0.05, 0.1) is 6.54 Å². The summed E-state index contributed by atoms with van der Waals surface area (Å²) < 4.78 is 0. The van der Waals surface area contributed by atoms with Crippen LogP contribution in [0.2, 0.25) is 0 Å². The van der Waals surface area contributed by atoms with Crippen LogP contribution in [-0.2, 0) is 4.79 Å². The fourth-order valence-corrected chi connectivity index (χ4v) is 3.02. The maximum absolute atomic E-state index is 12.3. The Kier molecular flexibility index (Phi) is 5.01. The minimum atomic E-state index is 0.207.